The van der Waals surface area contributed by atoms with Crippen molar-refractivity contribution in [2.24, 2.45) is 0 Å². The molecule has 194 valence electrons. The Balaban J connectivity index is 1.68. The topological polar surface area (TPSA) is 89.0 Å². The predicted octanol–water partition coefficient (Wildman–Crippen LogP) is 6.34. The van der Waals surface area contributed by atoms with Crippen LogP contribution >= 0.6 is 11.3 Å². The fourth-order valence-electron chi connectivity index (χ4n) is 4.70. The van der Waals surface area contributed by atoms with Crippen molar-refractivity contribution in [3.63, 3.8) is 0 Å². The number of carbonyl (C=O) groups excluding carboxylic acids is 2. The summed E-state index contributed by atoms with van der Waals surface area (Å²) in [6.45, 7) is 6.58. The molecule has 8 heteroatoms. The van der Waals surface area contributed by atoms with Gasteiger partial charge < -0.3 is 14.6 Å². The van der Waals surface area contributed by atoms with Gasteiger partial charge in [0.1, 0.15) is 17.3 Å². The second-order valence-electron chi connectivity index (χ2n) is 9.24. The van der Waals surface area contributed by atoms with Gasteiger partial charge in [0.15, 0.2) is 5.13 Å². The van der Waals surface area contributed by atoms with Gasteiger partial charge in [0.2, 0.25) is 0 Å². The van der Waals surface area contributed by atoms with Gasteiger partial charge in [-0.3, -0.25) is 14.5 Å². The van der Waals surface area contributed by atoms with Gasteiger partial charge in [-0.05, 0) is 79.4 Å². The maximum absolute atomic E-state index is 13.5. The summed E-state index contributed by atoms with van der Waals surface area (Å²) in [6.07, 6.45) is 0.872. The van der Waals surface area contributed by atoms with E-state index in [0.717, 1.165) is 27.8 Å². The number of nitrogens with zero attached hydrogens (tertiary/aromatic N) is 2. The number of methoxy groups -OCH3 is 1. The van der Waals surface area contributed by atoms with Crippen molar-refractivity contribution in [1.82, 2.24) is 4.98 Å². The van der Waals surface area contributed by atoms with E-state index in [2.05, 4.69) is 0 Å². The number of Topliss-reactive ketones (excluding diaryl/α,β-unsaturated/α-hetero) is 1. The molecule has 1 aliphatic rings. The van der Waals surface area contributed by atoms with Crippen LogP contribution in [0.25, 0.3) is 16.0 Å². The van der Waals surface area contributed by atoms with Gasteiger partial charge in [0, 0.05) is 5.56 Å². The van der Waals surface area contributed by atoms with Crippen molar-refractivity contribution in [2.45, 2.75) is 33.2 Å². The number of carbonyl (C=O) groups is 2. The molecule has 1 saturated heterocycles. The predicted molar refractivity (Wildman–Crippen MR) is 149 cm³/mol. The number of benzene rings is 3. The van der Waals surface area contributed by atoms with Crippen molar-refractivity contribution in [2.75, 3.05) is 18.6 Å². The highest BCUT2D eigenvalue weighted by atomic mass is 32.1. The number of thiazole rings is 1. The van der Waals surface area contributed by atoms with Crippen LogP contribution in [0.4, 0.5) is 5.13 Å². The number of aromatic nitrogens is 1. The zero-order valence-corrected chi connectivity index (χ0v) is 22.5. The number of hydrogen-bond donors (Lipinski definition) is 1. The molecule has 1 atom stereocenters. The summed E-state index contributed by atoms with van der Waals surface area (Å²) >= 11 is 1.35. The summed E-state index contributed by atoms with van der Waals surface area (Å²) < 4.78 is 12.0. The van der Waals surface area contributed by atoms with Crippen molar-refractivity contribution < 1.29 is 24.2 Å². The SMILES string of the molecule is CCCOc1ccc(C(O)=C2C(=O)C(=O)N(c3nc4c(C)cc(C)cc4s3)C2c2cccc(OC)c2)cc1. The van der Waals surface area contributed by atoms with Gasteiger partial charge in [-0.1, -0.05) is 36.5 Å². The largest absolute Gasteiger partial charge is 0.507 e. The number of hydrogen-bond acceptors (Lipinski definition) is 7. The number of ketones is 1. The number of amides is 1. The maximum Gasteiger partial charge on any atom is 0.301 e. The molecule has 4 aromatic rings. The molecule has 1 amide bonds. The van der Waals surface area contributed by atoms with Crippen LogP contribution in [-0.2, 0) is 9.59 Å². The highest BCUT2D eigenvalue weighted by Gasteiger charge is 2.48. The van der Waals surface area contributed by atoms with E-state index in [1.54, 1.807) is 49.6 Å². The summed E-state index contributed by atoms with van der Waals surface area (Å²) in [5.74, 6) is -0.534. The second-order valence-corrected chi connectivity index (χ2v) is 10.3. The van der Waals surface area contributed by atoms with Crippen LogP contribution < -0.4 is 14.4 Å². The average Bonchev–Trinajstić information content (AvgIpc) is 3.45. The summed E-state index contributed by atoms with van der Waals surface area (Å²) in [7, 11) is 1.55. The van der Waals surface area contributed by atoms with E-state index in [4.69, 9.17) is 14.5 Å². The van der Waals surface area contributed by atoms with Gasteiger partial charge in [-0.15, -0.1) is 0 Å². The molecular weight excluding hydrogens is 500 g/mol. The van der Waals surface area contributed by atoms with Gasteiger partial charge in [-0.2, -0.15) is 0 Å². The van der Waals surface area contributed by atoms with E-state index in [-0.39, 0.29) is 11.3 Å². The van der Waals surface area contributed by atoms with Crippen LogP contribution in [-0.4, -0.2) is 35.5 Å². The number of aliphatic hydroxyl groups excluding tert-OH is 1. The zero-order valence-electron chi connectivity index (χ0n) is 21.6. The summed E-state index contributed by atoms with van der Waals surface area (Å²) in [6, 6.07) is 17.2. The van der Waals surface area contributed by atoms with E-state index in [0.29, 0.717) is 34.4 Å². The van der Waals surface area contributed by atoms with Crippen LogP contribution in [0.2, 0.25) is 0 Å². The Morgan fingerprint density at radius 2 is 1.82 bits per heavy atom. The lowest BCUT2D eigenvalue weighted by Gasteiger charge is -2.23. The number of rotatable bonds is 7. The first kappa shape index (κ1) is 25.5. The number of fused-ring (bicyclic) bond motifs is 1. The molecule has 1 unspecified atom stereocenters. The van der Waals surface area contributed by atoms with E-state index in [9.17, 15) is 14.7 Å². The molecule has 0 bridgehead atoms. The van der Waals surface area contributed by atoms with Crippen molar-refractivity contribution in [3.05, 3.63) is 88.5 Å². The summed E-state index contributed by atoms with van der Waals surface area (Å²) in [4.78, 5) is 33.2. The van der Waals surface area contributed by atoms with E-state index in [1.807, 2.05) is 39.0 Å². The van der Waals surface area contributed by atoms with Gasteiger partial charge in [0.05, 0.1) is 35.5 Å². The fraction of sp³-hybridized carbons (Fsp3) is 0.233. The Bertz CT molecular complexity index is 1570. The van der Waals surface area contributed by atoms with Crippen molar-refractivity contribution in [1.29, 1.82) is 0 Å². The molecule has 7 nitrogen and oxygen atoms in total. The Labute approximate surface area is 225 Å². The monoisotopic (exact) mass is 528 g/mol. The number of aryl methyl sites for hydroxylation is 2. The van der Waals surface area contributed by atoms with Crippen LogP contribution in [0.1, 0.15) is 41.6 Å². The molecule has 38 heavy (non-hydrogen) atoms. The lowest BCUT2D eigenvalue weighted by molar-refractivity contribution is -0.132. The minimum Gasteiger partial charge on any atom is -0.507 e. The van der Waals surface area contributed by atoms with Crippen molar-refractivity contribution in [3.8, 4) is 11.5 Å². The third kappa shape index (κ3) is 4.52. The van der Waals surface area contributed by atoms with E-state index in [1.165, 1.54) is 16.2 Å². The molecule has 0 saturated carbocycles. The molecule has 1 fully saturated rings. The Hall–Kier alpha value is -4.17. The summed E-state index contributed by atoms with van der Waals surface area (Å²) in [5.41, 5.74) is 3.89. The van der Waals surface area contributed by atoms with Gasteiger partial charge in [-0.25, -0.2) is 4.98 Å². The molecule has 1 aliphatic heterocycles. The Kier molecular flexibility index (Phi) is 6.91. The first-order valence-corrected chi connectivity index (χ1v) is 13.2. The van der Waals surface area contributed by atoms with Crippen LogP contribution in [0.3, 0.4) is 0 Å². The fourth-order valence-corrected chi connectivity index (χ4v) is 5.87. The molecule has 0 spiro atoms. The zero-order chi connectivity index (χ0) is 27.0. The van der Waals surface area contributed by atoms with Crippen LogP contribution in [0.5, 0.6) is 11.5 Å². The van der Waals surface area contributed by atoms with Gasteiger partial charge in [0.25, 0.3) is 5.78 Å². The number of ether oxygens (including phenoxy) is 2. The van der Waals surface area contributed by atoms with E-state index >= 15 is 0 Å². The van der Waals surface area contributed by atoms with E-state index < -0.39 is 17.7 Å². The minimum atomic E-state index is -0.886. The molecule has 0 radical (unpaired) electrons. The molecule has 0 aliphatic carbocycles. The van der Waals surface area contributed by atoms with Crippen molar-refractivity contribution >= 4 is 44.1 Å². The second kappa shape index (κ2) is 10.3. The standard InChI is InChI=1S/C30H28N2O5S/c1-5-13-37-21-11-9-19(10-12-21)27(33)24-26(20-7-6-8-22(16-20)36-4)32(29(35)28(24)34)30-31-25-18(3)14-17(2)15-23(25)38-30/h6-12,14-16,26,33H,5,13H2,1-4H3. The lowest BCUT2D eigenvalue weighted by Crippen LogP contribution is -2.29. The molecule has 1 aromatic heterocycles. The number of anilines is 1. The van der Waals surface area contributed by atoms with Gasteiger partial charge >= 0.3 is 5.91 Å². The average molecular weight is 529 g/mol. The lowest BCUT2D eigenvalue weighted by atomic mass is 9.95. The normalized spacial score (nSPS) is 16.8. The number of aliphatic hydroxyl groups is 1. The third-order valence-electron chi connectivity index (χ3n) is 6.48. The first-order valence-electron chi connectivity index (χ1n) is 12.4. The summed E-state index contributed by atoms with van der Waals surface area (Å²) in [5, 5.41) is 11.8. The molecule has 5 rings (SSSR count). The highest BCUT2D eigenvalue weighted by molar-refractivity contribution is 7.22. The molecule has 1 N–H and O–H groups in total. The molecular formula is C30H28N2O5S. The molecule has 2 heterocycles. The quantitative estimate of drug-likeness (QED) is 0.171. The third-order valence-corrected chi connectivity index (χ3v) is 7.48. The van der Waals surface area contributed by atoms with Crippen LogP contribution in [0, 0.1) is 13.8 Å². The Morgan fingerprint density at radius 1 is 1.05 bits per heavy atom. The highest BCUT2D eigenvalue weighted by Crippen LogP contribution is 2.45. The minimum absolute atomic E-state index is 0.00219. The maximum atomic E-state index is 13.5. The first-order chi connectivity index (χ1) is 18.3. The molecule has 3 aromatic carbocycles. The van der Waals surface area contributed by atoms with Crippen LogP contribution in [0.15, 0.2) is 66.2 Å². The smallest absolute Gasteiger partial charge is 0.301 e. The Morgan fingerprint density at radius 3 is 2.53 bits per heavy atom.